The smallest absolute Gasteiger partial charge is 0.243 e. The van der Waals surface area contributed by atoms with Gasteiger partial charge >= 0.3 is 0 Å². The van der Waals surface area contributed by atoms with Crippen LogP contribution in [-0.4, -0.2) is 66.1 Å². The van der Waals surface area contributed by atoms with E-state index >= 15 is 0 Å². The van der Waals surface area contributed by atoms with Crippen LogP contribution in [0.2, 0.25) is 0 Å². The van der Waals surface area contributed by atoms with Crippen LogP contribution in [0.4, 0.5) is 0 Å². The summed E-state index contributed by atoms with van der Waals surface area (Å²) in [6.45, 7) is 3.08. The van der Waals surface area contributed by atoms with Gasteiger partial charge in [0.2, 0.25) is 11.8 Å². The first-order chi connectivity index (χ1) is 13.2. The molecule has 2 saturated heterocycles. The molecule has 0 bridgehead atoms. The number of rotatable bonds is 4. The van der Waals surface area contributed by atoms with Gasteiger partial charge < -0.3 is 14.4 Å². The maximum absolute atomic E-state index is 12.4. The molecule has 0 radical (unpaired) electrons. The largest absolute Gasteiger partial charge is 0.347 e. The molecule has 144 valence electrons. The Hall–Kier alpha value is -2.25. The molecule has 3 aliphatic heterocycles. The molecule has 1 aromatic rings. The van der Waals surface area contributed by atoms with E-state index in [1.807, 2.05) is 35.2 Å². The van der Waals surface area contributed by atoms with Crippen LogP contribution in [0, 0.1) is 0 Å². The fourth-order valence-corrected chi connectivity index (χ4v) is 3.85. The second kappa shape index (κ2) is 7.78. The third-order valence-corrected chi connectivity index (χ3v) is 5.44. The maximum atomic E-state index is 12.4. The SMILES string of the molecule is O=C(CCC(=O)N1CCC(c2ccccc2)=N1)N1CCC2(CC1)OCCO2. The molecule has 2 amide bonds. The summed E-state index contributed by atoms with van der Waals surface area (Å²) in [6.07, 6.45) is 2.56. The van der Waals surface area contributed by atoms with Crippen molar-refractivity contribution in [3.8, 4) is 0 Å². The van der Waals surface area contributed by atoms with Crippen LogP contribution in [0.15, 0.2) is 35.4 Å². The van der Waals surface area contributed by atoms with E-state index in [2.05, 4.69) is 5.10 Å². The summed E-state index contributed by atoms with van der Waals surface area (Å²) in [7, 11) is 0. The van der Waals surface area contributed by atoms with Crippen molar-refractivity contribution in [2.75, 3.05) is 32.8 Å². The standard InChI is InChI=1S/C20H25N3O4/c24-18(22-12-9-20(10-13-22)26-14-15-27-20)6-7-19(25)23-11-8-17(21-23)16-4-2-1-3-5-16/h1-5H,6-15H2. The van der Waals surface area contributed by atoms with Gasteiger partial charge in [-0.1, -0.05) is 30.3 Å². The monoisotopic (exact) mass is 371 g/mol. The quantitative estimate of drug-likeness (QED) is 0.809. The Balaban J connectivity index is 1.25. The molecule has 0 saturated carbocycles. The number of likely N-dealkylation sites (tertiary alicyclic amines) is 1. The number of piperidine rings is 1. The van der Waals surface area contributed by atoms with Crippen LogP contribution in [-0.2, 0) is 19.1 Å². The summed E-state index contributed by atoms with van der Waals surface area (Å²) >= 11 is 0. The fourth-order valence-electron chi connectivity index (χ4n) is 3.85. The molecule has 0 unspecified atom stereocenters. The van der Waals surface area contributed by atoms with E-state index in [0.717, 1.165) is 17.7 Å². The molecule has 7 nitrogen and oxygen atoms in total. The zero-order chi connectivity index (χ0) is 18.7. The number of carbonyl (C=O) groups excluding carboxylic acids is 2. The van der Waals surface area contributed by atoms with Gasteiger partial charge in [-0.3, -0.25) is 9.59 Å². The third kappa shape index (κ3) is 4.04. The highest BCUT2D eigenvalue weighted by atomic mass is 16.7. The molecule has 0 atom stereocenters. The minimum atomic E-state index is -0.481. The Bertz CT molecular complexity index is 718. The Morgan fingerprint density at radius 2 is 1.63 bits per heavy atom. The van der Waals surface area contributed by atoms with Crippen molar-refractivity contribution in [3.63, 3.8) is 0 Å². The van der Waals surface area contributed by atoms with Gasteiger partial charge in [-0.2, -0.15) is 5.10 Å². The average Bonchev–Trinajstić information content (AvgIpc) is 3.37. The molecule has 1 aromatic carbocycles. The van der Waals surface area contributed by atoms with Crippen molar-refractivity contribution in [1.82, 2.24) is 9.91 Å². The summed E-state index contributed by atoms with van der Waals surface area (Å²) in [4.78, 5) is 26.7. The van der Waals surface area contributed by atoms with Crippen LogP contribution in [0.5, 0.6) is 0 Å². The van der Waals surface area contributed by atoms with Crippen LogP contribution >= 0.6 is 0 Å². The van der Waals surface area contributed by atoms with Gasteiger partial charge in [-0.05, 0) is 5.56 Å². The van der Waals surface area contributed by atoms with E-state index in [1.165, 1.54) is 5.01 Å². The highest BCUT2D eigenvalue weighted by molar-refractivity contribution is 6.02. The summed E-state index contributed by atoms with van der Waals surface area (Å²) in [6, 6.07) is 9.88. The fraction of sp³-hybridized carbons (Fsp3) is 0.550. The summed E-state index contributed by atoms with van der Waals surface area (Å²) in [5.41, 5.74) is 1.97. The van der Waals surface area contributed by atoms with Crippen molar-refractivity contribution < 1.29 is 19.1 Å². The third-order valence-electron chi connectivity index (χ3n) is 5.44. The van der Waals surface area contributed by atoms with Gasteiger partial charge in [0.05, 0.1) is 25.5 Å². The minimum Gasteiger partial charge on any atom is -0.347 e. The molecular formula is C20H25N3O4. The molecule has 3 aliphatic rings. The maximum Gasteiger partial charge on any atom is 0.243 e. The Labute approximate surface area is 158 Å². The molecular weight excluding hydrogens is 346 g/mol. The van der Waals surface area contributed by atoms with Gasteiger partial charge in [-0.25, -0.2) is 5.01 Å². The van der Waals surface area contributed by atoms with Crippen molar-refractivity contribution in [1.29, 1.82) is 0 Å². The van der Waals surface area contributed by atoms with Crippen LogP contribution in [0.25, 0.3) is 0 Å². The predicted octanol–water partition coefficient (Wildman–Crippen LogP) is 1.77. The van der Waals surface area contributed by atoms with Gasteiger partial charge in [0.15, 0.2) is 5.79 Å². The van der Waals surface area contributed by atoms with Gasteiger partial charge in [0.25, 0.3) is 0 Å². The Morgan fingerprint density at radius 1 is 0.963 bits per heavy atom. The van der Waals surface area contributed by atoms with E-state index in [0.29, 0.717) is 45.7 Å². The molecule has 2 fully saturated rings. The van der Waals surface area contributed by atoms with Crippen molar-refractivity contribution in [3.05, 3.63) is 35.9 Å². The van der Waals surface area contributed by atoms with Crippen molar-refractivity contribution >= 4 is 17.5 Å². The highest BCUT2D eigenvalue weighted by Gasteiger charge is 2.40. The number of hydrogen-bond acceptors (Lipinski definition) is 5. The topological polar surface area (TPSA) is 71.4 Å². The Kier molecular flexibility index (Phi) is 5.22. The first-order valence-corrected chi connectivity index (χ1v) is 9.64. The Morgan fingerprint density at radius 3 is 2.33 bits per heavy atom. The van der Waals surface area contributed by atoms with Crippen LogP contribution in [0.1, 0.15) is 37.7 Å². The van der Waals surface area contributed by atoms with Gasteiger partial charge in [-0.15, -0.1) is 0 Å². The van der Waals surface area contributed by atoms with E-state index in [1.54, 1.807) is 0 Å². The molecule has 0 aliphatic carbocycles. The molecule has 0 N–H and O–H groups in total. The minimum absolute atomic E-state index is 0.0163. The zero-order valence-electron chi connectivity index (χ0n) is 15.4. The molecule has 0 aromatic heterocycles. The van der Waals surface area contributed by atoms with Crippen molar-refractivity contribution in [2.24, 2.45) is 5.10 Å². The summed E-state index contributed by atoms with van der Waals surface area (Å²) in [5.74, 6) is -0.557. The normalized spacial score (nSPS) is 21.6. The number of nitrogens with zero attached hydrogens (tertiary/aromatic N) is 3. The second-order valence-electron chi connectivity index (χ2n) is 7.17. The van der Waals surface area contributed by atoms with E-state index in [-0.39, 0.29) is 24.7 Å². The van der Waals surface area contributed by atoms with Gasteiger partial charge in [0.1, 0.15) is 0 Å². The number of amides is 2. The number of ether oxygens (including phenoxy) is 2. The van der Waals surface area contributed by atoms with Crippen LogP contribution in [0.3, 0.4) is 0 Å². The number of hydrogen-bond donors (Lipinski definition) is 0. The highest BCUT2D eigenvalue weighted by Crippen LogP contribution is 2.31. The summed E-state index contributed by atoms with van der Waals surface area (Å²) in [5, 5.41) is 5.94. The lowest BCUT2D eigenvalue weighted by atomic mass is 10.0. The lowest BCUT2D eigenvalue weighted by Gasteiger charge is -2.37. The number of benzene rings is 1. The molecule has 3 heterocycles. The number of hydrazone groups is 1. The van der Waals surface area contributed by atoms with E-state index < -0.39 is 5.79 Å². The lowest BCUT2D eigenvalue weighted by Crippen LogP contribution is -2.47. The molecule has 4 rings (SSSR count). The molecule has 27 heavy (non-hydrogen) atoms. The zero-order valence-corrected chi connectivity index (χ0v) is 15.4. The first-order valence-electron chi connectivity index (χ1n) is 9.64. The van der Waals surface area contributed by atoms with E-state index in [9.17, 15) is 9.59 Å². The predicted molar refractivity (Wildman–Crippen MR) is 99.0 cm³/mol. The average molecular weight is 371 g/mol. The van der Waals surface area contributed by atoms with Gasteiger partial charge in [0, 0.05) is 45.2 Å². The van der Waals surface area contributed by atoms with Crippen LogP contribution < -0.4 is 0 Å². The first kappa shape index (κ1) is 18.1. The lowest BCUT2D eigenvalue weighted by molar-refractivity contribution is -0.187. The molecule has 1 spiro atoms. The summed E-state index contributed by atoms with van der Waals surface area (Å²) < 4.78 is 11.4. The van der Waals surface area contributed by atoms with E-state index in [4.69, 9.17) is 9.47 Å². The molecule has 7 heteroatoms. The van der Waals surface area contributed by atoms with Crippen molar-refractivity contribution in [2.45, 2.75) is 37.9 Å². The second-order valence-corrected chi connectivity index (χ2v) is 7.17. The number of carbonyl (C=O) groups is 2.